The minimum atomic E-state index is -0.791. The predicted molar refractivity (Wildman–Crippen MR) is 81.3 cm³/mol. The van der Waals surface area contributed by atoms with Gasteiger partial charge >= 0.3 is 5.97 Å². The van der Waals surface area contributed by atoms with E-state index in [1.165, 1.54) is 22.5 Å². The van der Waals surface area contributed by atoms with E-state index in [1.54, 1.807) is 0 Å². The zero-order valence-corrected chi connectivity index (χ0v) is 12.4. The third kappa shape index (κ3) is 3.81. The molecule has 4 nitrogen and oxygen atoms in total. The largest absolute Gasteiger partial charge is 0.481 e. The Kier molecular flexibility index (Phi) is 4.74. The predicted octanol–water partition coefficient (Wildman–Crippen LogP) is 3.64. The second-order valence-corrected chi connectivity index (χ2v) is 5.62. The molecule has 0 aliphatic rings. The molecule has 0 amide bonds. The van der Waals surface area contributed by atoms with Crippen LogP contribution in [0.1, 0.15) is 36.2 Å². The number of aryl methyl sites for hydroxylation is 2. The van der Waals surface area contributed by atoms with E-state index in [2.05, 4.69) is 36.3 Å². The lowest BCUT2D eigenvalue weighted by molar-refractivity contribution is -0.136. The molecule has 0 spiro atoms. The van der Waals surface area contributed by atoms with Crippen molar-refractivity contribution in [1.82, 2.24) is 4.98 Å². The van der Waals surface area contributed by atoms with Crippen LogP contribution >= 0.6 is 11.3 Å². The third-order valence-corrected chi connectivity index (χ3v) is 3.96. The topological polar surface area (TPSA) is 62.2 Å². The zero-order valence-electron chi connectivity index (χ0n) is 11.6. The second-order valence-electron chi connectivity index (χ2n) is 4.76. The highest BCUT2D eigenvalue weighted by molar-refractivity contribution is 7.13. The highest BCUT2D eigenvalue weighted by Gasteiger charge is 2.10. The van der Waals surface area contributed by atoms with E-state index in [9.17, 15) is 4.79 Å². The molecule has 1 heterocycles. The molecule has 106 valence electrons. The quantitative estimate of drug-likeness (QED) is 0.852. The van der Waals surface area contributed by atoms with Gasteiger partial charge in [-0.05, 0) is 25.0 Å². The Bertz CT molecular complexity index is 595. The number of hydrogen-bond donors (Lipinski definition) is 2. The van der Waals surface area contributed by atoms with Gasteiger partial charge in [0, 0.05) is 11.8 Å². The summed E-state index contributed by atoms with van der Waals surface area (Å²) in [7, 11) is 0. The maximum absolute atomic E-state index is 10.5. The van der Waals surface area contributed by atoms with Gasteiger partial charge in [0.1, 0.15) is 0 Å². The molecular weight excluding hydrogens is 272 g/mol. The molecule has 0 radical (unpaired) electrons. The molecule has 0 bridgehead atoms. The maximum atomic E-state index is 10.5. The average Bonchev–Trinajstić information content (AvgIpc) is 2.84. The van der Waals surface area contributed by atoms with Gasteiger partial charge < -0.3 is 10.4 Å². The van der Waals surface area contributed by atoms with Crippen LogP contribution in [0.4, 0.5) is 5.13 Å². The first-order chi connectivity index (χ1) is 9.56. The molecular formula is C15H18N2O2S. The molecule has 1 unspecified atom stereocenters. The number of benzene rings is 1. The molecule has 0 fully saturated rings. The minimum Gasteiger partial charge on any atom is -0.481 e. The van der Waals surface area contributed by atoms with E-state index in [0.717, 1.165) is 10.8 Å². The van der Waals surface area contributed by atoms with E-state index >= 15 is 0 Å². The van der Waals surface area contributed by atoms with Crippen LogP contribution in [0.2, 0.25) is 0 Å². The van der Waals surface area contributed by atoms with E-state index in [0.29, 0.717) is 6.42 Å². The number of rotatable bonds is 6. The maximum Gasteiger partial charge on any atom is 0.303 e. The lowest BCUT2D eigenvalue weighted by Gasteiger charge is -2.15. The van der Waals surface area contributed by atoms with Crippen molar-refractivity contribution in [3.63, 3.8) is 0 Å². The summed E-state index contributed by atoms with van der Waals surface area (Å²) in [6.07, 6.45) is 0.600. The van der Waals surface area contributed by atoms with E-state index in [1.807, 2.05) is 17.5 Å². The number of carboxylic acid groups (broad SMARTS) is 1. The molecule has 2 aromatic rings. The van der Waals surface area contributed by atoms with Gasteiger partial charge in [-0.25, -0.2) is 4.98 Å². The molecule has 0 aliphatic carbocycles. The Morgan fingerprint density at radius 2 is 2.20 bits per heavy atom. The van der Waals surface area contributed by atoms with Gasteiger partial charge in [-0.1, -0.05) is 24.3 Å². The molecule has 1 aromatic carbocycles. The number of nitrogens with one attached hydrogen (secondary N) is 1. The SMILES string of the molecule is Cc1ccccc1C(C)Nc1nc(CCC(=O)O)cs1. The molecule has 5 heteroatoms. The van der Waals surface area contributed by atoms with Crippen LogP contribution in [0.5, 0.6) is 0 Å². The van der Waals surface area contributed by atoms with Crippen molar-refractivity contribution >= 4 is 22.4 Å². The van der Waals surface area contributed by atoms with Crippen LogP contribution in [0.25, 0.3) is 0 Å². The molecule has 0 saturated heterocycles. The van der Waals surface area contributed by atoms with Gasteiger partial charge in [-0.15, -0.1) is 11.3 Å². The number of thiazole rings is 1. The fraction of sp³-hybridized carbons (Fsp3) is 0.333. The standard InChI is InChI=1S/C15H18N2O2S/c1-10-5-3-4-6-13(10)11(2)16-15-17-12(9-20-15)7-8-14(18)19/h3-6,9,11H,7-8H2,1-2H3,(H,16,17)(H,18,19). The normalized spacial score (nSPS) is 12.1. The molecule has 2 N–H and O–H groups in total. The highest BCUT2D eigenvalue weighted by atomic mass is 32.1. The van der Waals surface area contributed by atoms with E-state index < -0.39 is 5.97 Å². The van der Waals surface area contributed by atoms with Gasteiger partial charge in [0.2, 0.25) is 0 Å². The fourth-order valence-corrected chi connectivity index (χ4v) is 2.89. The number of hydrogen-bond acceptors (Lipinski definition) is 4. The Balaban J connectivity index is 2.00. The summed E-state index contributed by atoms with van der Waals surface area (Å²) in [5, 5.41) is 14.8. The number of aromatic nitrogens is 1. The van der Waals surface area contributed by atoms with Crippen molar-refractivity contribution in [3.8, 4) is 0 Å². The van der Waals surface area contributed by atoms with Crippen molar-refractivity contribution in [1.29, 1.82) is 0 Å². The number of nitrogens with zero attached hydrogens (tertiary/aromatic N) is 1. The molecule has 2 rings (SSSR count). The Morgan fingerprint density at radius 3 is 2.90 bits per heavy atom. The van der Waals surface area contributed by atoms with Gasteiger partial charge in [-0.3, -0.25) is 4.79 Å². The second kappa shape index (κ2) is 6.52. The smallest absolute Gasteiger partial charge is 0.303 e. The summed E-state index contributed by atoms with van der Waals surface area (Å²) in [6.45, 7) is 4.19. The molecule has 0 saturated carbocycles. The highest BCUT2D eigenvalue weighted by Crippen LogP contribution is 2.24. The van der Waals surface area contributed by atoms with Gasteiger partial charge in [0.15, 0.2) is 5.13 Å². The first kappa shape index (κ1) is 14.5. The summed E-state index contributed by atoms with van der Waals surface area (Å²) in [6, 6.07) is 8.42. The van der Waals surface area contributed by atoms with E-state index in [-0.39, 0.29) is 12.5 Å². The van der Waals surface area contributed by atoms with Crippen LogP contribution in [-0.4, -0.2) is 16.1 Å². The van der Waals surface area contributed by atoms with Crippen LogP contribution < -0.4 is 5.32 Å². The van der Waals surface area contributed by atoms with Crippen LogP contribution in [0, 0.1) is 6.92 Å². The number of anilines is 1. The van der Waals surface area contributed by atoms with Gasteiger partial charge in [-0.2, -0.15) is 0 Å². The molecule has 20 heavy (non-hydrogen) atoms. The Morgan fingerprint density at radius 1 is 1.45 bits per heavy atom. The van der Waals surface area contributed by atoms with Crippen LogP contribution in [-0.2, 0) is 11.2 Å². The summed E-state index contributed by atoms with van der Waals surface area (Å²) < 4.78 is 0. The van der Waals surface area contributed by atoms with Crippen LogP contribution in [0.15, 0.2) is 29.6 Å². The van der Waals surface area contributed by atoms with Gasteiger partial charge in [0.05, 0.1) is 18.2 Å². The minimum absolute atomic E-state index is 0.122. The van der Waals surface area contributed by atoms with Crippen molar-refractivity contribution < 1.29 is 9.90 Å². The molecule has 0 aliphatic heterocycles. The zero-order chi connectivity index (χ0) is 14.5. The Hall–Kier alpha value is -1.88. The van der Waals surface area contributed by atoms with Crippen LogP contribution in [0.3, 0.4) is 0 Å². The molecule has 1 atom stereocenters. The molecule has 1 aromatic heterocycles. The van der Waals surface area contributed by atoms with Crippen molar-refractivity contribution in [2.45, 2.75) is 32.7 Å². The summed E-state index contributed by atoms with van der Waals surface area (Å²) in [5.74, 6) is -0.791. The number of carbonyl (C=O) groups is 1. The van der Waals surface area contributed by atoms with E-state index in [4.69, 9.17) is 5.11 Å². The van der Waals surface area contributed by atoms with Crippen molar-refractivity contribution in [2.24, 2.45) is 0 Å². The lowest BCUT2D eigenvalue weighted by Crippen LogP contribution is -2.08. The number of aliphatic carboxylic acids is 1. The Labute approximate surface area is 122 Å². The summed E-state index contributed by atoms with van der Waals surface area (Å²) in [5.41, 5.74) is 3.32. The number of carboxylic acids is 1. The summed E-state index contributed by atoms with van der Waals surface area (Å²) in [4.78, 5) is 15.0. The summed E-state index contributed by atoms with van der Waals surface area (Å²) >= 11 is 1.51. The lowest BCUT2D eigenvalue weighted by atomic mass is 10.0. The van der Waals surface area contributed by atoms with Crippen molar-refractivity contribution in [3.05, 3.63) is 46.5 Å². The average molecular weight is 290 g/mol. The first-order valence-corrected chi connectivity index (χ1v) is 7.42. The fourth-order valence-electron chi connectivity index (χ4n) is 2.06. The first-order valence-electron chi connectivity index (χ1n) is 6.54. The third-order valence-electron chi connectivity index (χ3n) is 3.14. The van der Waals surface area contributed by atoms with Gasteiger partial charge in [0.25, 0.3) is 0 Å². The monoisotopic (exact) mass is 290 g/mol. The van der Waals surface area contributed by atoms with Crippen molar-refractivity contribution in [2.75, 3.05) is 5.32 Å².